The first-order valence-electron chi connectivity index (χ1n) is 7.13. The minimum Gasteiger partial charge on any atom is -0.332 e. The average molecular weight is 345 g/mol. The summed E-state index contributed by atoms with van der Waals surface area (Å²) in [6.45, 7) is 2.81. The van der Waals surface area contributed by atoms with Crippen molar-refractivity contribution in [1.82, 2.24) is 9.88 Å². The molecule has 0 aliphatic carbocycles. The van der Waals surface area contributed by atoms with Crippen molar-refractivity contribution in [2.24, 2.45) is 0 Å². The monoisotopic (exact) mass is 344 g/mol. The molecule has 1 fully saturated rings. The number of carbonyl (C=O) groups is 1. The summed E-state index contributed by atoms with van der Waals surface area (Å²) in [5.74, 6) is 0.103. The molecule has 1 aromatic carbocycles. The van der Waals surface area contributed by atoms with Crippen molar-refractivity contribution in [1.29, 1.82) is 0 Å². The Balaban J connectivity index is 1.90. The SMILES string of the molecule is Cc1cc(Br)cc(C(=O)N2CCCC2c2cccnc2)c1. The Bertz CT molecular complexity index is 637. The fourth-order valence-electron chi connectivity index (χ4n) is 2.96. The van der Waals surface area contributed by atoms with E-state index in [-0.39, 0.29) is 11.9 Å². The molecule has 3 nitrogen and oxygen atoms in total. The second-order valence-corrected chi connectivity index (χ2v) is 6.38. The van der Waals surface area contributed by atoms with Crippen LogP contribution in [0.1, 0.15) is 40.4 Å². The van der Waals surface area contributed by atoms with Crippen LogP contribution < -0.4 is 0 Å². The summed E-state index contributed by atoms with van der Waals surface area (Å²) in [6, 6.07) is 9.99. The average Bonchev–Trinajstić information content (AvgIpc) is 2.95. The third-order valence-electron chi connectivity index (χ3n) is 3.87. The van der Waals surface area contributed by atoms with Gasteiger partial charge in [-0.3, -0.25) is 9.78 Å². The van der Waals surface area contributed by atoms with E-state index in [1.54, 1.807) is 6.20 Å². The van der Waals surface area contributed by atoms with E-state index < -0.39 is 0 Å². The quantitative estimate of drug-likeness (QED) is 0.820. The van der Waals surface area contributed by atoms with E-state index in [0.29, 0.717) is 0 Å². The summed E-state index contributed by atoms with van der Waals surface area (Å²) < 4.78 is 0.947. The van der Waals surface area contributed by atoms with Crippen molar-refractivity contribution < 1.29 is 4.79 Å². The summed E-state index contributed by atoms with van der Waals surface area (Å²) in [6.07, 6.45) is 5.67. The molecule has 4 heteroatoms. The third kappa shape index (κ3) is 3.00. The number of hydrogen-bond donors (Lipinski definition) is 0. The van der Waals surface area contributed by atoms with Gasteiger partial charge in [-0.25, -0.2) is 0 Å². The smallest absolute Gasteiger partial charge is 0.254 e. The van der Waals surface area contributed by atoms with Crippen LogP contribution in [0.2, 0.25) is 0 Å². The number of amides is 1. The fraction of sp³-hybridized carbons (Fsp3) is 0.294. The minimum absolute atomic E-state index is 0.103. The number of pyridine rings is 1. The van der Waals surface area contributed by atoms with Crippen LogP contribution in [-0.4, -0.2) is 22.3 Å². The molecule has 3 rings (SSSR count). The molecule has 1 unspecified atom stereocenters. The lowest BCUT2D eigenvalue weighted by Gasteiger charge is -2.25. The number of benzene rings is 1. The largest absolute Gasteiger partial charge is 0.332 e. The molecule has 108 valence electrons. The first-order chi connectivity index (χ1) is 10.1. The third-order valence-corrected chi connectivity index (χ3v) is 4.33. The van der Waals surface area contributed by atoms with E-state index in [1.165, 1.54) is 0 Å². The van der Waals surface area contributed by atoms with Crippen LogP contribution in [-0.2, 0) is 0 Å². The van der Waals surface area contributed by atoms with Gasteiger partial charge in [0.15, 0.2) is 0 Å². The number of nitrogens with zero attached hydrogens (tertiary/aromatic N) is 2. The highest BCUT2D eigenvalue weighted by molar-refractivity contribution is 9.10. The molecule has 1 atom stereocenters. The molecule has 1 saturated heterocycles. The summed E-state index contributed by atoms with van der Waals surface area (Å²) in [5, 5.41) is 0. The van der Waals surface area contributed by atoms with E-state index in [0.717, 1.165) is 40.5 Å². The lowest BCUT2D eigenvalue weighted by molar-refractivity contribution is 0.0735. The van der Waals surface area contributed by atoms with Crippen LogP contribution in [0.5, 0.6) is 0 Å². The molecule has 2 aromatic rings. The molecule has 0 bridgehead atoms. The van der Waals surface area contributed by atoms with Gasteiger partial charge in [0.25, 0.3) is 5.91 Å². The van der Waals surface area contributed by atoms with Gasteiger partial charge in [-0.05, 0) is 55.2 Å². The molecular formula is C17H17BrN2O. The highest BCUT2D eigenvalue weighted by Gasteiger charge is 2.30. The van der Waals surface area contributed by atoms with Crippen molar-refractivity contribution in [3.63, 3.8) is 0 Å². The topological polar surface area (TPSA) is 33.2 Å². The van der Waals surface area contributed by atoms with Crippen LogP contribution in [0.25, 0.3) is 0 Å². The molecule has 0 N–H and O–H groups in total. The van der Waals surface area contributed by atoms with Gasteiger partial charge in [-0.15, -0.1) is 0 Å². The molecule has 1 aromatic heterocycles. The predicted octanol–water partition coefficient (Wildman–Crippen LogP) is 4.13. The molecule has 1 amide bonds. The zero-order valence-electron chi connectivity index (χ0n) is 11.9. The Morgan fingerprint density at radius 3 is 2.95 bits per heavy atom. The van der Waals surface area contributed by atoms with Crippen LogP contribution >= 0.6 is 15.9 Å². The Kier molecular flexibility index (Phi) is 4.06. The van der Waals surface area contributed by atoms with Gasteiger partial charge >= 0.3 is 0 Å². The molecule has 1 aliphatic rings. The van der Waals surface area contributed by atoms with E-state index >= 15 is 0 Å². The number of likely N-dealkylation sites (tertiary alicyclic amines) is 1. The second kappa shape index (κ2) is 5.98. The summed E-state index contributed by atoms with van der Waals surface area (Å²) in [5.41, 5.74) is 2.96. The summed E-state index contributed by atoms with van der Waals surface area (Å²) in [4.78, 5) is 19.0. The van der Waals surface area contributed by atoms with Crippen LogP contribution in [0.3, 0.4) is 0 Å². The molecule has 0 spiro atoms. The van der Waals surface area contributed by atoms with Gasteiger partial charge in [0.2, 0.25) is 0 Å². The van der Waals surface area contributed by atoms with Crippen molar-refractivity contribution in [2.45, 2.75) is 25.8 Å². The molecule has 1 aliphatic heterocycles. The van der Waals surface area contributed by atoms with E-state index in [9.17, 15) is 4.79 Å². The first-order valence-corrected chi connectivity index (χ1v) is 7.92. The standard InChI is InChI=1S/C17H17BrN2O/c1-12-8-14(10-15(18)9-12)17(21)20-7-3-5-16(20)13-4-2-6-19-11-13/h2,4,6,8-11,16H,3,5,7H2,1H3. The Morgan fingerprint density at radius 1 is 1.38 bits per heavy atom. The Hall–Kier alpha value is -1.68. The number of halogens is 1. The molecular weight excluding hydrogens is 328 g/mol. The minimum atomic E-state index is 0.103. The Morgan fingerprint density at radius 2 is 2.24 bits per heavy atom. The molecule has 0 radical (unpaired) electrons. The van der Waals surface area contributed by atoms with Gasteiger partial charge in [0, 0.05) is 29.0 Å². The Labute approximate surface area is 133 Å². The van der Waals surface area contributed by atoms with Gasteiger partial charge in [-0.2, -0.15) is 0 Å². The van der Waals surface area contributed by atoms with Crippen molar-refractivity contribution in [3.8, 4) is 0 Å². The number of rotatable bonds is 2. The molecule has 2 heterocycles. The van der Waals surface area contributed by atoms with E-state index in [1.807, 2.05) is 42.3 Å². The van der Waals surface area contributed by atoms with Crippen LogP contribution in [0.15, 0.2) is 47.2 Å². The summed E-state index contributed by atoms with van der Waals surface area (Å²) in [7, 11) is 0. The van der Waals surface area contributed by atoms with E-state index in [2.05, 4.69) is 27.0 Å². The van der Waals surface area contributed by atoms with E-state index in [4.69, 9.17) is 0 Å². The fourth-order valence-corrected chi connectivity index (χ4v) is 3.56. The first kappa shape index (κ1) is 14.3. The maximum absolute atomic E-state index is 12.8. The van der Waals surface area contributed by atoms with Crippen molar-refractivity contribution in [3.05, 3.63) is 63.9 Å². The summed E-state index contributed by atoms with van der Waals surface area (Å²) >= 11 is 3.47. The lowest BCUT2D eigenvalue weighted by Crippen LogP contribution is -2.30. The maximum atomic E-state index is 12.8. The maximum Gasteiger partial charge on any atom is 0.254 e. The zero-order valence-corrected chi connectivity index (χ0v) is 13.5. The van der Waals surface area contributed by atoms with Gasteiger partial charge in [0.05, 0.1) is 6.04 Å². The van der Waals surface area contributed by atoms with Gasteiger partial charge < -0.3 is 4.90 Å². The second-order valence-electron chi connectivity index (χ2n) is 5.46. The van der Waals surface area contributed by atoms with Crippen LogP contribution in [0.4, 0.5) is 0 Å². The number of aryl methyl sites for hydroxylation is 1. The predicted molar refractivity (Wildman–Crippen MR) is 86.1 cm³/mol. The number of carbonyl (C=O) groups excluding carboxylic acids is 1. The van der Waals surface area contributed by atoms with Gasteiger partial charge in [0.1, 0.15) is 0 Å². The highest BCUT2D eigenvalue weighted by Crippen LogP contribution is 2.33. The zero-order chi connectivity index (χ0) is 14.8. The molecule has 21 heavy (non-hydrogen) atoms. The number of aromatic nitrogens is 1. The van der Waals surface area contributed by atoms with Crippen molar-refractivity contribution >= 4 is 21.8 Å². The van der Waals surface area contributed by atoms with Crippen molar-refractivity contribution in [2.75, 3.05) is 6.54 Å². The normalized spacial score (nSPS) is 18.0. The van der Waals surface area contributed by atoms with Crippen LogP contribution in [0, 0.1) is 6.92 Å². The molecule has 0 saturated carbocycles. The van der Waals surface area contributed by atoms with Gasteiger partial charge in [-0.1, -0.05) is 22.0 Å². The highest BCUT2D eigenvalue weighted by atomic mass is 79.9. The lowest BCUT2D eigenvalue weighted by atomic mass is 10.1. The number of hydrogen-bond acceptors (Lipinski definition) is 2.